The van der Waals surface area contributed by atoms with Crippen molar-refractivity contribution >= 4 is 5.91 Å². The Balaban J connectivity index is 1.73. The topological polar surface area (TPSA) is 32.3 Å². The van der Waals surface area contributed by atoms with Gasteiger partial charge in [-0.15, -0.1) is 0 Å². The van der Waals surface area contributed by atoms with E-state index in [1.807, 2.05) is 4.90 Å². The number of aryl methyl sites for hydroxylation is 1. The fourth-order valence-corrected chi connectivity index (χ4v) is 3.03. The zero-order valence-electron chi connectivity index (χ0n) is 12.6. The molecule has 3 nitrogen and oxygen atoms in total. The number of amides is 1. The zero-order valence-corrected chi connectivity index (χ0v) is 12.6. The Hall–Kier alpha value is -1.42. The van der Waals surface area contributed by atoms with Gasteiger partial charge in [-0.3, -0.25) is 4.79 Å². The first-order chi connectivity index (χ1) is 10.1. The van der Waals surface area contributed by atoms with E-state index in [2.05, 4.69) is 5.32 Å². The standard InChI is InChI=1S/C17H23FN2O/c1-12-4-5-14(9-16(12)18)17(21)20(15-6-7-15)11-13-3-2-8-19-10-13/h4-5,9,13,15,19H,2-3,6-8,10-11H2,1H3. The summed E-state index contributed by atoms with van der Waals surface area (Å²) in [6, 6.07) is 5.18. The van der Waals surface area contributed by atoms with E-state index in [0.29, 0.717) is 23.1 Å². The van der Waals surface area contributed by atoms with Crippen molar-refractivity contribution < 1.29 is 9.18 Å². The van der Waals surface area contributed by atoms with Gasteiger partial charge in [0.15, 0.2) is 0 Å². The third-order valence-corrected chi connectivity index (χ3v) is 4.52. The van der Waals surface area contributed by atoms with Gasteiger partial charge in [0, 0.05) is 18.2 Å². The summed E-state index contributed by atoms with van der Waals surface area (Å²) < 4.78 is 13.7. The number of halogens is 1. The van der Waals surface area contributed by atoms with Crippen molar-refractivity contribution in [3.63, 3.8) is 0 Å². The first kappa shape index (κ1) is 14.5. The molecule has 1 amide bonds. The number of carbonyl (C=O) groups excluding carboxylic acids is 1. The van der Waals surface area contributed by atoms with Gasteiger partial charge < -0.3 is 10.2 Å². The molecule has 1 heterocycles. The molecule has 2 fully saturated rings. The molecular weight excluding hydrogens is 267 g/mol. The largest absolute Gasteiger partial charge is 0.335 e. The number of benzene rings is 1. The van der Waals surface area contributed by atoms with Crippen LogP contribution in [0.5, 0.6) is 0 Å². The van der Waals surface area contributed by atoms with E-state index >= 15 is 0 Å². The zero-order chi connectivity index (χ0) is 14.8. The molecule has 4 heteroatoms. The van der Waals surface area contributed by atoms with Gasteiger partial charge in [-0.05, 0) is 69.3 Å². The highest BCUT2D eigenvalue weighted by Gasteiger charge is 2.34. The number of hydrogen-bond acceptors (Lipinski definition) is 2. The smallest absolute Gasteiger partial charge is 0.254 e. The lowest BCUT2D eigenvalue weighted by atomic mass is 9.98. The van der Waals surface area contributed by atoms with Gasteiger partial charge in [0.1, 0.15) is 5.82 Å². The van der Waals surface area contributed by atoms with Crippen LogP contribution in [0.15, 0.2) is 18.2 Å². The second-order valence-electron chi connectivity index (χ2n) is 6.37. The molecule has 1 saturated carbocycles. The van der Waals surface area contributed by atoms with Gasteiger partial charge in [0.2, 0.25) is 0 Å². The molecule has 1 aliphatic heterocycles. The van der Waals surface area contributed by atoms with E-state index in [1.165, 1.54) is 18.9 Å². The lowest BCUT2D eigenvalue weighted by Gasteiger charge is -2.30. The first-order valence-corrected chi connectivity index (χ1v) is 7.93. The molecule has 1 saturated heterocycles. The minimum absolute atomic E-state index is 0.0121. The van der Waals surface area contributed by atoms with Gasteiger partial charge in [0.05, 0.1) is 0 Å². The molecule has 1 atom stereocenters. The summed E-state index contributed by atoms with van der Waals surface area (Å²) in [4.78, 5) is 14.7. The second-order valence-corrected chi connectivity index (χ2v) is 6.37. The molecule has 0 spiro atoms. The molecule has 0 bridgehead atoms. The van der Waals surface area contributed by atoms with Crippen LogP contribution in [0.2, 0.25) is 0 Å². The fourth-order valence-electron chi connectivity index (χ4n) is 3.03. The Morgan fingerprint density at radius 2 is 2.19 bits per heavy atom. The third kappa shape index (κ3) is 3.43. The summed E-state index contributed by atoms with van der Waals surface area (Å²) in [7, 11) is 0. The van der Waals surface area contributed by atoms with Crippen molar-refractivity contribution in [2.24, 2.45) is 5.92 Å². The summed E-state index contributed by atoms with van der Waals surface area (Å²) >= 11 is 0. The minimum atomic E-state index is -0.295. The summed E-state index contributed by atoms with van der Waals surface area (Å²) in [5, 5.41) is 3.40. The number of carbonyl (C=O) groups is 1. The molecule has 3 rings (SSSR count). The lowest BCUT2D eigenvalue weighted by Crippen LogP contribution is -2.42. The van der Waals surface area contributed by atoms with E-state index in [4.69, 9.17) is 0 Å². The molecular formula is C17H23FN2O. The van der Waals surface area contributed by atoms with Crippen LogP contribution in [0.3, 0.4) is 0 Å². The van der Waals surface area contributed by atoms with E-state index in [-0.39, 0.29) is 11.7 Å². The number of nitrogens with one attached hydrogen (secondary N) is 1. The Morgan fingerprint density at radius 1 is 1.38 bits per heavy atom. The monoisotopic (exact) mass is 290 g/mol. The van der Waals surface area contributed by atoms with Crippen molar-refractivity contribution in [2.45, 2.75) is 38.6 Å². The predicted octanol–water partition coefficient (Wildman–Crippen LogP) is 2.74. The van der Waals surface area contributed by atoms with Crippen molar-refractivity contribution in [3.8, 4) is 0 Å². The summed E-state index contributed by atoms with van der Waals surface area (Å²) in [5.41, 5.74) is 1.06. The van der Waals surface area contributed by atoms with Crippen LogP contribution in [-0.4, -0.2) is 36.5 Å². The van der Waals surface area contributed by atoms with Crippen LogP contribution in [0.4, 0.5) is 4.39 Å². The molecule has 114 valence electrons. The molecule has 2 aliphatic rings. The van der Waals surface area contributed by atoms with E-state index < -0.39 is 0 Å². The Labute approximate surface area is 125 Å². The van der Waals surface area contributed by atoms with Crippen LogP contribution in [0.1, 0.15) is 41.6 Å². The molecule has 1 aromatic rings. The Morgan fingerprint density at radius 3 is 2.81 bits per heavy atom. The molecule has 0 radical (unpaired) electrons. The van der Waals surface area contributed by atoms with Crippen LogP contribution in [0.25, 0.3) is 0 Å². The quantitative estimate of drug-likeness (QED) is 0.925. The van der Waals surface area contributed by atoms with Crippen LogP contribution < -0.4 is 5.32 Å². The van der Waals surface area contributed by atoms with Gasteiger partial charge in [-0.1, -0.05) is 6.07 Å². The van der Waals surface area contributed by atoms with E-state index in [1.54, 1.807) is 19.1 Å². The highest BCUT2D eigenvalue weighted by atomic mass is 19.1. The normalized spacial score (nSPS) is 22.1. The Bertz CT molecular complexity index is 522. The average molecular weight is 290 g/mol. The van der Waals surface area contributed by atoms with Crippen molar-refractivity contribution in [3.05, 3.63) is 35.1 Å². The number of hydrogen-bond donors (Lipinski definition) is 1. The first-order valence-electron chi connectivity index (χ1n) is 7.93. The maximum atomic E-state index is 13.7. The van der Waals surface area contributed by atoms with Crippen LogP contribution in [0, 0.1) is 18.7 Å². The number of rotatable bonds is 4. The van der Waals surface area contributed by atoms with E-state index in [0.717, 1.165) is 32.5 Å². The van der Waals surface area contributed by atoms with Crippen LogP contribution in [-0.2, 0) is 0 Å². The van der Waals surface area contributed by atoms with Gasteiger partial charge >= 0.3 is 0 Å². The molecule has 1 aromatic carbocycles. The summed E-state index contributed by atoms with van der Waals surface area (Å²) in [5.74, 6) is 0.219. The lowest BCUT2D eigenvalue weighted by molar-refractivity contribution is 0.0703. The molecule has 1 aliphatic carbocycles. The SMILES string of the molecule is Cc1ccc(C(=O)N(CC2CCCNC2)C2CC2)cc1F. The predicted molar refractivity (Wildman–Crippen MR) is 80.8 cm³/mol. The number of nitrogens with zero attached hydrogens (tertiary/aromatic N) is 1. The second kappa shape index (κ2) is 6.14. The molecule has 1 N–H and O–H groups in total. The maximum absolute atomic E-state index is 13.7. The van der Waals surface area contributed by atoms with E-state index in [9.17, 15) is 9.18 Å². The minimum Gasteiger partial charge on any atom is -0.335 e. The van der Waals surface area contributed by atoms with Gasteiger partial charge in [0.25, 0.3) is 5.91 Å². The summed E-state index contributed by atoms with van der Waals surface area (Å²) in [6.07, 6.45) is 4.52. The van der Waals surface area contributed by atoms with Crippen LogP contribution >= 0.6 is 0 Å². The van der Waals surface area contributed by atoms with Crippen molar-refractivity contribution in [2.75, 3.05) is 19.6 Å². The van der Waals surface area contributed by atoms with Gasteiger partial charge in [-0.25, -0.2) is 4.39 Å². The third-order valence-electron chi connectivity index (χ3n) is 4.52. The maximum Gasteiger partial charge on any atom is 0.254 e. The molecule has 0 aromatic heterocycles. The van der Waals surface area contributed by atoms with Gasteiger partial charge in [-0.2, -0.15) is 0 Å². The Kier molecular flexibility index (Phi) is 4.24. The average Bonchev–Trinajstić information content (AvgIpc) is 3.33. The van der Waals surface area contributed by atoms with Crippen molar-refractivity contribution in [1.82, 2.24) is 10.2 Å². The molecule has 1 unspecified atom stereocenters. The number of piperidine rings is 1. The fraction of sp³-hybridized carbons (Fsp3) is 0.588. The summed E-state index contributed by atoms with van der Waals surface area (Å²) in [6.45, 7) is 4.58. The highest BCUT2D eigenvalue weighted by Crippen LogP contribution is 2.30. The van der Waals surface area contributed by atoms with Crippen molar-refractivity contribution in [1.29, 1.82) is 0 Å². The highest BCUT2D eigenvalue weighted by molar-refractivity contribution is 5.94. The molecule has 21 heavy (non-hydrogen) atoms.